The zero-order valence-electron chi connectivity index (χ0n) is 8.92. The van der Waals surface area contributed by atoms with Crippen LogP contribution in [0.25, 0.3) is 0 Å². The second kappa shape index (κ2) is 6.40. The number of nitrogens with one attached hydrogen (secondary N) is 1. The molecular formula is C9H22N2O. The van der Waals surface area contributed by atoms with E-state index in [1.54, 1.807) is 7.11 Å². The zero-order chi connectivity index (χ0) is 9.56. The van der Waals surface area contributed by atoms with Crippen LogP contribution in [0, 0.1) is 0 Å². The number of hydrogen-bond donors (Lipinski definition) is 1. The molecule has 0 bridgehead atoms. The van der Waals surface area contributed by atoms with Crippen LogP contribution >= 0.6 is 0 Å². The highest BCUT2D eigenvalue weighted by Gasteiger charge is 2.28. The number of rotatable bonds is 2. The van der Waals surface area contributed by atoms with Gasteiger partial charge >= 0.3 is 0 Å². The van der Waals surface area contributed by atoms with Crippen molar-refractivity contribution in [3.63, 3.8) is 0 Å². The average molecular weight is 174 g/mol. The molecule has 0 radical (unpaired) electrons. The normalized spacial score (nSPS) is 29.8. The molecular weight excluding hydrogens is 152 g/mol. The fraction of sp³-hybridized carbons (Fsp3) is 1.00. The minimum atomic E-state index is 0.370. The van der Waals surface area contributed by atoms with Crippen LogP contribution in [0.1, 0.15) is 13.8 Å². The Kier molecular flexibility index (Phi) is 6.34. The van der Waals surface area contributed by atoms with E-state index in [2.05, 4.69) is 17.3 Å². The molecule has 1 saturated heterocycles. The van der Waals surface area contributed by atoms with E-state index in [0.717, 1.165) is 13.1 Å². The molecule has 74 valence electrons. The molecule has 2 unspecified atom stereocenters. The van der Waals surface area contributed by atoms with E-state index < -0.39 is 0 Å². The second-order valence-electron chi connectivity index (χ2n) is 2.89. The van der Waals surface area contributed by atoms with Gasteiger partial charge in [0.2, 0.25) is 0 Å². The first kappa shape index (κ1) is 11.9. The van der Waals surface area contributed by atoms with Crippen LogP contribution < -0.4 is 5.32 Å². The number of methoxy groups -OCH3 is 1. The molecule has 1 rings (SSSR count). The Balaban J connectivity index is 0.000000561. The quantitative estimate of drug-likeness (QED) is 0.662. The lowest BCUT2D eigenvalue weighted by Gasteiger charge is -2.14. The van der Waals surface area contributed by atoms with Crippen LogP contribution in [0.5, 0.6) is 0 Å². The zero-order valence-corrected chi connectivity index (χ0v) is 8.92. The summed E-state index contributed by atoms with van der Waals surface area (Å²) in [5, 5.41) is 3.23. The summed E-state index contributed by atoms with van der Waals surface area (Å²) >= 11 is 0. The second-order valence-corrected chi connectivity index (χ2v) is 2.89. The van der Waals surface area contributed by atoms with E-state index in [1.165, 1.54) is 0 Å². The smallest absolute Gasteiger partial charge is 0.0863 e. The summed E-state index contributed by atoms with van der Waals surface area (Å²) in [6, 6.07) is 0.509. The van der Waals surface area contributed by atoms with Crippen LogP contribution in [0.4, 0.5) is 0 Å². The Morgan fingerprint density at radius 3 is 2.25 bits per heavy atom. The van der Waals surface area contributed by atoms with Gasteiger partial charge in [-0.3, -0.25) is 0 Å². The molecule has 1 N–H and O–H groups in total. The number of hydrogen-bond acceptors (Lipinski definition) is 3. The standard InChI is InChI=1S/C7H16N2O.C2H6/c1-8-6-4-9(2)5-7(6)10-3;1-2/h6-8H,4-5H2,1-3H3;1-2H3. The van der Waals surface area contributed by atoms with Gasteiger partial charge in [0, 0.05) is 26.2 Å². The molecule has 1 fully saturated rings. The third-order valence-corrected chi connectivity index (χ3v) is 2.12. The molecule has 0 amide bonds. The van der Waals surface area contributed by atoms with Crippen molar-refractivity contribution < 1.29 is 4.74 Å². The van der Waals surface area contributed by atoms with E-state index in [1.807, 2.05) is 20.9 Å². The Morgan fingerprint density at radius 1 is 1.33 bits per heavy atom. The lowest BCUT2D eigenvalue weighted by Crippen LogP contribution is -2.37. The molecule has 1 heterocycles. The number of ether oxygens (including phenoxy) is 1. The summed E-state index contributed by atoms with van der Waals surface area (Å²) in [6.45, 7) is 6.14. The van der Waals surface area contributed by atoms with Crippen molar-refractivity contribution in [2.45, 2.75) is 26.0 Å². The van der Waals surface area contributed by atoms with Gasteiger partial charge in [0.05, 0.1) is 6.10 Å². The highest BCUT2D eigenvalue weighted by Crippen LogP contribution is 2.09. The topological polar surface area (TPSA) is 24.5 Å². The van der Waals surface area contributed by atoms with Crippen molar-refractivity contribution in [3.8, 4) is 0 Å². The Morgan fingerprint density at radius 2 is 1.92 bits per heavy atom. The SMILES string of the molecule is CC.CNC1CN(C)CC1OC. The van der Waals surface area contributed by atoms with Gasteiger partial charge in [-0.05, 0) is 14.1 Å². The molecule has 0 spiro atoms. The summed E-state index contributed by atoms with van der Waals surface area (Å²) in [5.41, 5.74) is 0. The third-order valence-electron chi connectivity index (χ3n) is 2.12. The minimum absolute atomic E-state index is 0.370. The van der Waals surface area contributed by atoms with Gasteiger partial charge in [-0.1, -0.05) is 13.8 Å². The van der Waals surface area contributed by atoms with Gasteiger partial charge < -0.3 is 15.0 Å². The van der Waals surface area contributed by atoms with Gasteiger partial charge in [-0.25, -0.2) is 0 Å². The average Bonchev–Trinajstić information content (AvgIpc) is 2.49. The predicted octanol–water partition coefficient (Wildman–Crippen LogP) is 0.561. The lowest BCUT2D eigenvalue weighted by atomic mass is 10.2. The van der Waals surface area contributed by atoms with Crippen molar-refractivity contribution in [1.82, 2.24) is 10.2 Å². The van der Waals surface area contributed by atoms with E-state index in [-0.39, 0.29) is 0 Å². The van der Waals surface area contributed by atoms with Gasteiger partial charge in [0.25, 0.3) is 0 Å². The number of nitrogens with zero attached hydrogens (tertiary/aromatic N) is 1. The number of likely N-dealkylation sites (tertiary alicyclic amines) is 1. The first-order valence-electron chi connectivity index (χ1n) is 4.66. The first-order chi connectivity index (χ1) is 5.77. The maximum atomic E-state index is 5.28. The van der Waals surface area contributed by atoms with Crippen molar-refractivity contribution >= 4 is 0 Å². The van der Waals surface area contributed by atoms with Crippen molar-refractivity contribution in [1.29, 1.82) is 0 Å². The molecule has 0 saturated carbocycles. The van der Waals surface area contributed by atoms with Crippen LogP contribution in [0.3, 0.4) is 0 Å². The summed E-state index contributed by atoms with van der Waals surface area (Å²) < 4.78 is 5.28. The van der Waals surface area contributed by atoms with Gasteiger partial charge in [-0.2, -0.15) is 0 Å². The van der Waals surface area contributed by atoms with Crippen molar-refractivity contribution in [2.75, 3.05) is 34.3 Å². The highest BCUT2D eigenvalue weighted by atomic mass is 16.5. The van der Waals surface area contributed by atoms with Crippen molar-refractivity contribution in [2.24, 2.45) is 0 Å². The summed E-state index contributed by atoms with van der Waals surface area (Å²) in [6.07, 6.45) is 0.370. The fourth-order valence-corrected chi connectivity index (χ4v) is 1.48. The van der Waals surface area contributed by atoms with Crippen LogP contribution in [-0.4, -0.2) is 51.3 Å². The molecule has 2 atom stereocenters. The van der Waals surface area contributed by atoms with Crippen LogP contribution in [-0.2, 0) is 4.74 Å². The Hall–Kier alpha value is -0.120. The van der Waals surface area contributed by atoms with E-state index >= 15 is 0 Å². The molecule has 0 aliphatic carbocycles. The molecule has 0 aromatic carbocycles. The minimum Gasteiger partial charge on any atom is -0.378 e. The van der Waals surface area contributed by atoms with Crippen LogP contribution in [0.15, 0.2) is 0 Å². The molecule has 1 aliphatic rings. The molecule has 0 aromatic heterocycles. The van der Waals surface area contributed by atoms with E-state index in [0.29, 0.717) is 12.1 Å². The van der Waals surface area contributed by atoms with Gasteiger partial charge in [0.15, 0.2) is 0 Å². The Bertz CT molecular complexity index is 96.7. The third kappa shape index (κ3) is 3.09. The molecule has 3 nitrogen and oxygen atoms in total. The summed E-state index contributed by atoms with van der Waals surface area (Å²) in [4.78, 5) is 2.27. The predicted molar refractivity (Wildman–Crippen MR) is 52.5 cm³/mol. The molecule has 1 aliphatic heterocycles. The van der Waals surface area contributed by atoms with Gasteiger partial charge in [0.1, 0.15) is 0 Å². The van der Waals surface area contributed by atoms with Gasteiger partial charge in [-0.15, -0.1) is 0 Å². The van der Waals surface area contributed by atoms with Crippen LogP contribution in [0.2, 0.25) is 0 Å². The molecule has 12 heavy (non-hydrogen) atoms. The largest absolute Gasteiger partial charge is 0.378 e. The highest BCUT2D eigenvalue weighted by molar-refractivity contribution is 4.87. The molecule has 0 aromatic rings. The number of likely N-dealkylation sites (N-methyl/N-ethyl adjacent to an activating group) is 2. The lowest BCUT2D eigenvalue weighted by molar-refractivity contribution is 0.0935. The first-order valence-corrected chi connectivity index (χ1v) is 4.66. The molecule has 3 heteroatoms. The maximum Gasteiger partial charge on any atom is 0.0863 e. The Labute approximate surface area is 76.1 Å². The maximum absolute atomic E-state index is 5.28. The van der Waals surface area contributed by atoms with E-state index in [9.17, 15) is 0 Å². The monoisotopic (exact) mass is 174 g/mol. The van der Waals surface area contributed by atoms with E-state index in [4.69, 9.17) is 4.74 Å². The summed E-state index contributed by atoms with van der Waals surface area (Å²) in [5.74, 6) is 0. The van der Waals surface area contributed by atoms with Crippen molar-refractivity contribution in [3.05, 3.63) is 0 Å². The fourth-order valence-electron chi connectivity index (χ4n) is 1.48. The summed E-state index contributed by atoms with van der Waals surface area (Å²) in [7, 11) is 5.87.